The lowest BCUT2D eigenvalue weighted by Crippen LogP contribution is -2.47. The first-order chi connectivity index (χ1) is 13.1. The summed E-state index contributed by atoms with van der Waals surface area (Å²) in [6.07, 6.45) is 1.71. The van der Waals surface area contributed by atoms with Gasteiger partial charge in [0.25, 0.3) is 0 Å². The Kier molecular flexibility index (Phi) is 5.06. The quantitative estimate of drug-likeness (QED) is 0.736. The van der Waals surface area contributed by atoms with Gasteiger partial charge in [0.2, 0.25) is 11.9 Å². The summed E-state index contributed by atoms with van der Waals surface area (Å²) in [4.78, 5) is 23.2. The maximum Gasteiger partial charge on any atom is 0.240 e. The third-order valence-electron chi connectivity index (χ3n) is 4.46. The smallest absolute Gasteiger partial charge is 0.240 e. The molecule has 0 unspecified atom stereocenters. The van der Waals surface area contributed by atoms with Crippen molar-refractivity contribution in [1.29, 1.82) is 0 Å². The highest BCUT2D eigenvalue weighted by atomic mass is 32.1. The van der Waals surface area contributed by atoms with E-state index in [4.69, 9.17) is 4.74 Å². The lowest BCUT2D eigenvalue weighted by atomic mass is 10.1. The van der Waals surface area contributed by atoms with E-state index in [2.05, 4.69) is 37.3 Å². The molecule has 2 aromatic heterocycles. The third-order valence-corrected chi connectivity index (χ3v) is 5.35. The molecule has 0 aliphatic carbocycles. The predicted octanol–water partition coefficient (Wildman–Crippen LogP) is 2.12. The molecule has 0 bridgehead atoms. The van der Waals surface area contributed by atoms with Gasteiger partial charge >= 0.3 is 0 Å². The normalized spacial score (nSPS) is 17.9. The van der Waals surface area contributed by atoms with Crippen molar-refractivity contribution in [3.05, 3.63) is 29.4 Å². The molecule has 8 nitrogen and oxygen atoms in total. The van der Waals surface area contributed by atoms with Crippen LogP contribution in [0.15, 0.2) is 24.4 Å². The molecule has 1 atom stereocenters. The Hall–Kier alpha value is -2.49. The van der Waals surface area contributed by atoms with Gasteiger partial charge < -0.3 is 4.74 Å². The van der Waals surface area contributed by atoms with Crippen LogP contribution < -0.4 is 5.32 Å². The van der Waals surface area contributed by atoms with E-state index in [1.165, 1.54) is 11.3 Å². The molecule has 4 rings (SSSR count). The number of carbonyl (C=O) groups excluding carboxylic acids is 1. The van der Waals surface area contributed by atoms with E-state index in [1.54, 1.807) is 6.20 Å². The Morgan fingerprint density at radius 2 is 2.30 bits per heavy atom. The molecule has 1 aliphatic rings. The minimum atomic E-state index is -0.126. The van der Waals surface area contributed by atoms with Gasteiger partial charge in [-0.15, -0.1) is 10.2 Å². The second kappa shape index (κ2) is 7.63. The molecule has 1 saturated heterocycles. The first kappa shape index (κ1) is 17.9. The van der Waals surface area contributed by atoms with Gasteiger partial charge in [0, 0.05) is 29.7 Å². The van der Waals surface area contributed by atoms with Gasteiger partial charge in [-0.05, 0) is 19.9 Å². The number of rotatable bonds is 4. The molecule has 27 heavy (non-hydrogen) atoms. The van der Waals surface area contributed by atoms with Gasteiger partial charge in [-0.25, -0.2) is 9.97 Å². The van der Waals surface area contributed by atoms with Crippen molar-refractivity contribution in [3.8, 4) is 10.6 Å². The molecule has 3 aromatic rings. The van der Waals surface area contributed by atoms with Gasteiger partial charge in [-0.2, -0.15) is 0 Å². The maximum absolute atomic E-state index is 12.4. The lowest BCUT2D eigenvalue weighted by Gasteiger charge is -2.32. The topological polar surface area (TPSA) is 93.1 Å². The van der Waals surface area contributed by atoms with E-state index < -0.39 is 0 Å². The number of morpholine rings is 1. The van der Waals surface area contributed by atoms with Crippen molar-refractivity contribution in [2.45, 2.75) is 19.9 Å². The fourth-order valence-electron chi connectivity index (χ4n) is 2.97. The van der Waals surface area contributed by atoms with Crippen molar-refractivity contribution < 1.29 is 9.53 Å². The van der Waals surface area contributed by atoms with E-state index in [0.717, 1.165) is 33.0 Å². The number of hydrogen-bond acceptors (Lipinski definition) is 8. The molecule has 3 heterocycles. The van der Waals surface area contributed by atoms with Crippen LogP contribution in [0, 0.1) is 6.92 Å². The summed E-state index contributed by atoms with van der Waals surface area (Å²) < 4.78 is 5.40. The molecule has 1 aliphatic heterocycles. The van der Waals surface area contributed by atoms with Crippen molar-refractivity contribution in [3.63, 3.8) is 0 Å². The number of benzene rings is 1. The SMILES string of the molecule is Cc1nnc(-c2ccc3cnc(NC(=O)CN4CCOC[C@H]4C)nc3c2)s1. The van der Waals surface area contributed by atoms with Gasteiger partial charge in [-0.1, -0.05) is 23.5 Å². The van der Waals surface area contributed by atoms with E-state index in [9.17, 15) is 4.79 Å². The van der Waals surface area contributed by atoms with Crippen molar-refractivity contribution in [1.82, 2.24) is 25.1 Å². The monoisotopic (exact) mass is 384 g/mol. The largest absolute Gasteiger partial charge is 0.379 e. The Bertz CT molecular complexity index is 975. The summed E-state index contributed by atoms with van der Waals surface area (Å²) in [6.45, 7) is 6.32. The molecule has 1 aromatic carbocycles. The third kappa shape index (κ3) is 4.10. The first-order valence-corrected chi connectivity index (χ1v) is 9.59. The molecule has 0 saturated carbocycles. The van der Waals surface area contributed by atoms with Crippen LogP contribution in [0.3, 0.4) is 0 Å². The number of hydrogen-bond donors (Lipinski definition) is 1. The fourth-order valence-corrected chi connectivity index (χ4v) is 3.66. The summed E-state index contributed by atoms with van der Waals surface area (Å²) in [7, 11) is 0. The number of ether oxygens (including phenoxy) is 1. The second-order valence-corrected chi connectivity index (χ2v) is 7.72. The maximum atomic E-state index is 12.4. The molecule has 9 heteroatoms. The Labute approximate surface area is 160 Å². The average Bonchev–Trinajstić information content (AvgIpc) is 3.09. The number of nitrogens with zero attached hydrogens (tertiary/aromatic N) is 5. The van der Waals surface area contributed by atoms with Crippen LogP contribution in [-0.4, -0.2) is 63.3 Å². The molecule has 0 radical (unpaired) electrons. The van der Waals surface area contributed by atoms with E-state index in [1.807, 2.05) is 25.1 Å². The average molecular weight is 384 g/mol. The van der Waals surface area contributed by atoms with Crippen molar-refractivity contribution >= 4 is 34.1 Å². The molecule has 1 N–H and O–H groups in total. The lowest BCUT2D eigenvalue weighted by molar-refractivity contribution is -0.119. The van der Waals surface area contributed by atoms with E-state index in [-0.39, 0.29) is 11.9 Å². The minimum absolute atomic E-state index is 0.126. The van der Waals surface area contributed by atoms with Gasteiger partial charge in [0.15, 0.2) is 0 Å². The predicted molar refractivity (Wildman–Crippen MR) is 104 cm³/mol. The molecule has 0 spiro atoms. The van der Waals surface area contributed by atoms with Crippen LogP contribution in [0.2, 0.25) is 0 Å². The zero-order valence-electron chi connectivity index (χ0n) is 15.2. The highest BCUT2D eigenvalue weighted by molar-refractivity contribution is 7.14. The minimum Gasteiger partial charge on any atom is -0.379 e. The number of fused-ring (bicyclic) bond motifs is 1. The van der Waals surface area contributed by atoms with E-state index >= 15 is 0 Å². The van der Waals surface area contributed by atoms with Crippen molar-refractivity contribution in [2.24, 2.45) is 0 Å². The molecule has 140 valence electrons. The van der Waals surface area contributed by atoms with E-state index in [0.29, 0.717) is 25.7 Å². The second-order valence-electron chi connectivity index (χ2n) is 6.54. The van der Waals surface area contributed by atoms with Crippen LogP contribution in [0.4, 0.5) is 5.95 Å². The zero-order chi connectivity index (χ0) is 18.8. The molecule has 1 fully saturated rings. The molecular weight excluding hydrogens is 364 g/mol. The number of nitrogens with one attached hydrogen (secondary N) is 1. The zero-order valence-corrected chi connectivity index (χ0v) is 16.0. The fraction of sp³-hybridized carbons (Fsp3) is 0.389. The summed E-state index contributed by atoms with van der Waals surface area (Å²) in [6, 6.07) is 6.09. The van der Waals surface area contributed by atoms with Crippen LogP contribution in [-0.2, 0) is 9.53 Å². The van der Waals surface area contributed by atoms with Gasteiger partial charge in [0.05, 0.1) is 25.3 Å². The highest BCUT2D eigenvalue weighted by Gasteiger charge is 2.21. The summed E-state index contributed by atoms with van der Waals surface area (Å²) in [5.74, 6) is 0.179. The van der Waals surface area contributed by atoms with Crippen LogP contribution in [0.25, 0.3) is 21.5 Å². The van der Waals surface area contributed by atoms with Crippen LogP contribution >= 0.6 is 11.3 Å². The Morgan fingerprint density at radius 3 is 3.07 bits per heavy atom. The number of aryl methyl sites for hydroxylation is 1. The summed E-state index contributed by atoms with van der Waals surface area (Å²) >= 11 is 1.53. The Balaban J connectivity index is 1.51. The summed E-state index contributed by atoms with van der Waals surface area (Å²) in [5.41, 5.74) is 1.71. The molecular formula is C18H20N6O2S. The molecule has 1 amide bonds. The van der Waals surface area contributed by atoms with Gasteiger partial charge in [-0.3, -0.25) is 15.0 Å². The standard InChI is InChI=1S/C18H20N6O2S/c1-11-10-26-6-5-24(11)9-16(25)21-18-19-8-14-4-3-13(7-15(14)20-18)17-23-22-12(2)27-17/h3-4,7-8,11H,5-6,9-10H2,1-2H3,(H,19,20,21,25)/t11-/m1/s1. The first-order valence-electron chi connectivity index (χ1n) is 8.77. The van der Waals surface area contributed by atoms with Crippen LogP contribution in [0.1, 0.15) is 11.9 Å². The summed E-state index contributed by atoms with van der Waals surface area (Å²) in [5, 5.41) is 13.7. The number of amides is 1. The number of carbonyl (C=O) groups is 1. The van der Waals surface area contributed by atoms with Crippen molar-refractivity contribution in [2.75, 3.05) is 31.6 Å². The van der Waals surface area contributed by atoms with Gasteiger partial charge in [0.1, 0.15) is 10.0 Å². The van der Waals surface area contributed by atoms with Crippen LogP contribution in [0.5, 0.6) is 0 Å². The Morgan fingerprint density at radius 1 is 1.41 bits per heavy atom. The number of anilines is 1. The highest BCUT2D eigenvalue weighted by Crippen LogP contribution is 2.26. The number of aromatic nitrogens is 4.